The first-order valence-corrected chi connectivity index (χ1v) is 6.05. The highest BCUT2D eigenvalue weighted by atomic mass is 19.4. The van der Waals surface area contributed by atoms with E-state index in [1.807, 2.05) is 0 Å². The van der Waals surface area contributed by atoms with Crippen LogP contribution < -0.4 is 9.47 Å². The van der Waals surface area contributed by atoms with Gasteiger partial charge in [-0.2, -0.15) is 13.2 Å². The van der Waals surface area contributed by atoms with Gasteiger partial charge in [0.05, 0.1) is 25.1 Å². The first-order chi connectivity index (χ1) is 9.90. The molecule has 2 rings (SSSR count). The van der Waals surface area contributed by atoms with Crippen LogP contribution in [0, 0.1) is 6.92 Å². The van der Waals surface area contributed by atoms with Crippen LogP contribution >= 0.6 is 0 Å². The Morgan fingerprint density at radius 2 is 1.95 bits per heavy atom. The molecule has 0 saturated heterocycles. The molecule has 7 heteroatoms. The van der Waals surface area contributed by atoms with Crippen LogP contribution in [-0.2, 0) is 12.8 Å². The van der Waals surface area contributed by atoms with E-state index in [-0.39, 0.29) is 18.2 Å². The summed E-state index contributed by atoms with van der Waals surface area (Å²) in [4.78, 5) is 7.90. The van der Waals surface area contributed by atoms with E-state index < -0.39 is 11.7 Å². The van der Waals surface area contributed by atoms with Gasteiger partial charge >= 0.3 is 6.18 Å². The molecule has 0 bridgehead atoms. The molecule has 0 aliphatic carbocycles. The maximum Gasteiger partial charge on any atom is 0.419 e. The Morgan fingerprint density at radius 3 is 2.62 bits per heavy atom. The highest BCUT2D eigenvalue weighted by Crippen LogP contribution is 2.36. The van der Waals surface area contributed by atoms with E-state index in [9.17, 15) is 13.2 Å². The van der Waals surface area contributed by atoms with Gasteiger partial charge in [0, 0.05) is 0 Å². The van der Waals surface area contributed by atoms with Gasteiger partial charge < -0.3 is 9.47 Å². The summed E-state index contributed by atoms with van der Waals surface area (Å²) in [6.45, 7) is 1.56. The number of aryl methyl sites for hydroxylation is 1. The Hall–Kier alpha value is -2.31. The van der Waals surface area contributed by atoms with Crippen molar-refractivity contribution >= 4 is 0 Å². The van der Waals surface area contributed by atoms with E-state index in [0.29, 0.717) is 11.3 Å². The van der Waals surface area contributed by atoms with Crippen LogP contribution in [0.2, 0.25) is 0 Å². The van der Waals surface area contributed by atoms with Gasteiger partial charge in [0.25, 0.3) is 0 Å². The highest BCUT2D eigenvalue weighted by Gasteiger charge is 2.34. The number of aromatic nitrogens is 2. The second kappa shape index (κ2) is 5.99. The van der Waals surface area contributed by atoms with Crippen molar-refractivity contribution < 1.29 is 22.6 Å². The number of alkyl halides is 3. The molecule has 0 saturated carbocycles. The van der Waals surface area contributed by atoms with Gasteiger partial charge in [0.1, 0.15) is 18.1 Å². The Morgan fingerprint density at radius 1 is 1.19 bits per heavy atom. The third-order valence-electron chi connectivity index (χ3n) is 2.69. The normalized spacial score (nSPS) is 11.3. The fraction of sp³-hybridized carbons (Fsp3) is 0.286. The van der Waals surface area contributed by atoms with Crippen LogP contribution in [-0.4, -0.2) is 17.1 Å². The molecule has 4 nitrogen and oxygen atoms in total. The summed E-state index contributed by atoms with van der Waals surface area (Å²) >= 11 is 0. The molecule has 0 aliphatic rings. The molecule has 112 valence electrons. The van der Waals surface area contributed by atoms with Gasteiger partial charge in [-0.3, -0.25) is 4.98 Å². The smallest absolute Gasteiger partial charge is 0.419 e. The maximum atomic E-state index is 12.9. The van der Waals surface area contributed by atoms with Gasteiger partial charge in [-0.25, -0.2) is 4.98 Å². The minimum absolute atomic E-state index is 0.128. The molecule has 1 aromatic heterocycles. The summed E-state index contributed by atoms with van der Waals surface area (Å²) in [7, 11) is 1.43. The molecule has 0 spiro atoms. The van der Waals surface area contributed by atoms with Crippen molar-refractivity contribution in [3.05, 3.63) is 47.4 Å². The summed E-state index contributed by atoms with van der Waals surface area (Å²) < 4.78 is 48.8. The Labute approximate surface area is 119 Å². The zero-order chi connectivity index (χ0) is 15.5. The number of methoxy groups -OCH3 is 1. The van der Waals surface area contributed by atoms with Crippen molar-refractivity contribution in [2.45, 2.75) is 19.7 Å². The Kier molecular flexibility index (Phi) is 4.30. The lowest BCUT2D eigenvalue weighted by Gasteiger charge is -2.14. The molecule has 0 fully saturated rings. The molecule has 0 unspecified atom stereocenters. The van der Waals surface area contributed by atoms with E-state index in [1.54, 1.807) is 6.92 Å². The average molecular weight is 298 g/mol. The minimum Gasteiger partial charge on any atom is -0.487 e. The Balaban J connectivity index is 2.21. The monoisotopic (exact) mass is 298 g/mol. The average Bonchev–Trinajstić information content (AvgIpc) is 2.44. The van der Waals surface area contributed by atoms with E-state index in [4.69, 9.17) is 9.47 Å². The lowest BCUT2D eigenvalue weighted by atomic mass is 10.1. The number of rotatable bonds is 4. The first kappa shape index (κ1) is 15.1. The van der Waals surface area contributed by atoms with Crippen molar-refractivity contribution in [1.29, 1.82) is 0 Å². The van der Waals surface area contributed by atoms with Crippen LogP contribution in [0.25, 0.3) is 0 Å². The third-order valence-corrected chi connectivity index (χ3v) is 2.69. The van der Waals surface area contributed by atoms with Gasteiger partial charge in [0.2, 0.25) is 5.88 Å². The van der Waals surface area contributed by atoms with Crippen molar-refractivity contribution in [3.8, 4) is 11.6 Å². The predicted octanol–water partition coefficient (Wildman–Crippen LogP) is 3.39. The summed E-state index contributed by atoms with van der Waals surface area (Å²) in [5.41, 5.74) is 0.239. The van der Waals surface area contributed by atoms with Crippen LogP contribution in [0.1, 0.15) is 16.8 Å². The zero-order valence-corrected chi connectivity index (χ0v) is 11.4. The number of ether oxygens (including phenoxy) is 2. The number of benzene rings is 1. The molecule has 0 amide bonds. The highest BCUT2D eigenvalue weighted by molar-refractivity contribution is 5.39. The molecule has 2 aromatic rings. The van der Waals surface area contributed by atoms with E-state index in [0.717, 1.165) is 6.07 Å². The van der Waals surface area contributed by atoms with E-state index in [1.165, 1.54) is 31.6 Å². The molecule has 21 heavy (non-hydrogen) atoms. The van der Waals surface area contributed by atoms with Gasteiger partial charge in [-0.05, 0) is 24.6 Å². The maximum absolute atomic E-state index is 12.9. The number of nitrogens with zero attached hydrogens (tertiary/aromatic N) is 2. The second-order valence-corrected chi connectivity index (χ2v) is 4.34. The van der Waals surface area contributed by atoms with E-state index >= 15 is 0 Å². The zero-order valence-electron chi connectivity index (χ0n) is 11.4. The number of halogens is 3. The standard InChI is InChI=1S/C14H13F3N2O2/c1-9-3-4-11(14(15,16)17)12(5-9)21-8-10-6-18-7-13(19-10)20-2/h3-7H,8H2,1-2H3. The molecular weight excluding hydrogens is 285 g/mol. The SMILES string of the molecule is COc1cncc(COc2cc(C)ccc2C(F)(F)F)n1. The molecule has 0 aliphatic heterocycles. The van der Waals surface area contributed by atoms with Gasteiger partial charge in [-0.1, -0.05) is 6.07 Å². The van der Waals surface area contributed by atoms with E-state index in [2.05, 4.69) is 9.97 Å². The molecule has 0 N–H and O–H groups in total. The molecular formula is C14H13F3N2O2. The van der Waals surface area contributed by atoms with Crippen LogP contribution in [0.5, 0.6) is 11.6 Å². The fourth-order valence-electron chi connectivity index (χ4n) is 1.69. The van der Waals surface area contributed by atoms with Gasteiger partial charge in [-0.15, -0.1) is 0 Å². The molecule has 1 heterocycles. The van der Waals surface area contributed by atoms with Crippen molar-refractivity contribution in [1.82, 2.24) is 9.97 Å². The topological polar surface area (TPSA) is 44.2 Å². The van der Waals surface area contributed by atoms with Crippen molar-refractivity contribution in [3.63, 3.8) is 0 Å². The summed E-state index contributed by atoms with van der Waals surface area (Å²) in [6.07, 6.45) is -1.66. The lowest BCUT2D eigenvalue weighted by Crippen LogP contribution is -2.09. The third kappa shape index (κ3) is 3.84. The molecule has 0 radical (unpaired) electrons. The minimum atomic E-state index is -4.47. The number of hydrogen-bond acceptors (Lipinski definition) is 4. The van der Waals surface area contributed by atoms with Crippen LogP contribution in [0.15, 0.2) is 30.6 Å². The van der Waals surface area contributed by atoms with Gasteiger partial charge in [0.15, 0.2) is 0 Å². The Bertz CT molecular complexity index is 630. The number of hydrogen-bond donors (Lipinski definition) is 0. The largest absolute Gasteiger partial charge is 0.487 e. The summed E-state index contributed by atoms with van der Waals surface area (Å²) in [5.74, 6) is 0.0449. The summed E-state index contributed by atoms with van der Waals surface area (Å²) in [6, 6.07) is 3.74. The lowest BCUT2D eigenvalue weighted by molar-refractivity contribution is -0.139. The van der Waals surface area contributed by atoms with Crippen molar-refractivity contribution in [2.24, 2.45) is 0 Å². The predicted molar refractivity (Wildman–Crippen MR) is 69.1 cm³/mol. The van der Waals surface area contributed by atoms with Crippen LogP contribution in [0.4, 0.5) is 13.2 Å². The molecule has 0 atom stereocenters. The van der Waals surface area contributed by atoms with Crippen molar-refractivity contribution in [2.75, 3.05) is 7.11 Å². The second-order valence-electron chi connectivity index (χ2n) is 4.34. The molecule has 1 aromatic carbocycles. The summed E-state index contributed by atoms with van der Waals surface area (Å²) in [5, 5.41) is 0. The fourth-order valence-corrected chi connectivity index (χ4v) is 1.69. The van der Waals surface area contributed by atoms with Crippen LogP contribution in [0.3, 0.4) is 0 Å². The quantitative estimate of drug-likeness (QED) is 0.868. The first-order valence-electron chi connectivity index (χ1n) is 6.05.